The molecular weight excluding hydrogens is 418 g/mol. The van der Waals surface area contributed by atoms with E-state index in [4.69, 9.17) is 10.3 Å². The van der Waals surface area contributed by atoms with Crippen LogP contribution in [0.2, 0.25) is 0 Å². The summed E-state index contributed by atoms with van der Waals surface area (Å²) in [4.78, 5) is 2.84. The van der Waals surface area contributed by atoms with E-state index in [-0.39, 0.29) is 0 Å². The van der Waals surface area contributed by atoms with Gasteiger partial charge in [0.15, 0.2) is 0 Å². The Kier molecular flexibility index (Phi) is 8.40. The molecule has 0 N–H and O–H groups in total. The van der Waals surface area contributed by atoms with Gasteiger partial charge in [0.1, 0.15) is 0 Å². The maximum Gasteiger partial charge on any atom is 0.0612 e. The second kappa shape index (κ2) is 11.0. The molecule has 8 atom stereocenters. The average molecular weight is 470 g/mol. The molecule has 3 fully saturated rings. The molecule has 0 heterocycles. The fourth-order valence-electron chi connectivity index (χ4n) is 9.22. The molecule has 0 aromatic carbocycles. The van der Waals surface area contributed by atoms with Gasteiger partial charge in [-0.3, -0.25) is 0 Å². The minimum absolute atomic E-state index is 0.360. The molecule has 4 aliphatic carbocycles. The van der Waals surface area contributed by atoms with Gasteiger partial charge in [0.25, 0.3) is 0 Å². The van der Waals surface area contributed by atoms with Crippen molar-refractivity contribution < 1.29 is 4.74 Å². The number of hydrogen-bond donors (Lipinski definition) is 0. The van der Waals surface area contributed by atoms with Gasteiger partial charge in [0, 0.05) is 18.1 Å². The minimum atomic E-state index is 0.360. The van der Waals surface area contributed by atoms with Crippen LogP contribution in [0, 0.1) is 46.3 Å². The lowest BCUT2D eigenvalue weighted by Gasteiger charge is -2.58. The van der Waals surface area contributed by atoms with Crippen molar-refractivity contribution in [2.45, 2.75) is 118 Å². The average Bonchev–Trinajstić information content (AvgIpc) is 3.16. The highest BCUT2D eigenvalue weighted by atomic mass is 16.5. The van der Waals surface area contributed by atoms with Gasteiger partial charge in [0.05, 0.1) is 6.10 Å². The van der Waals surface area contributed by atoms with Crippen molar-refractivity contribution in [1.82, 2.24) is 0 Å². The first-order valence-corrected chi connectivity index (χ1v) is 14.6. The summed E-state index contributed by atoms with van der Waals surface area (Å²) in [5.41, 5.74) is 11.1. The molecule has 0 aromatic heterocycles. The topological polar surface area (TPSA) is 58.0 Å². The summed E-state index contributed by atoms with van der Waals surface area (Å²) in [5, 5.41) is 3.63. The molecule has 0 saturated heterocycles. The van der Waals surface area contributed by atoms with E-state index >= 15 is 0 Å². The monoisotopic (exact) mass is 469 g/mol. The second-order valence-electron chi connectivity index (χ2n) is 13.3. The highest BCUT2D eigenvalue weighted by Crippen LogP contribution is 2.67. The predicted octanol–water partition coefficient (Wildman–Crippen LogP) is 9.11. The fraction of sp³-hybridized carbons (Fsp3) is 0.933. The first-order chi connectivity index (χ1) is 16.3. The van der Waals surface area contributed by atoms with Crippen LogP contribution in [0.1, 0.15) is 112 Å². The second-order valence-corrected chi connectivity index (χ2v) is 13.3. The molecule has 3 unspecified atom stereocenters. The molecule has 4 heteroatoms. The maximum absolute atomic E-state index is 8.44. The molecule has 0 bridgehead atoms. The number of nitrogens with zero attached hydrogens (tertiary/aromatic N) is 3. The van der Waals surface area contributed by atoms with Crippen LogP contribution in [0.3, 0.4) is 0 Å². The summed E-state index contributed by atoms with van der Waals surface area (Å²) in [5.74, 6) is 5.40. The van der Waals surface area contributed by atoms with E-state index in [1.807, 2.05) is 0 Å². The number of ether oxygens (including phenoxy) is 1. The summed E-state index contributed by atoms with van der Waals surface area (Å²) in [7, 11) is 0. The van der Waals surface area contributed by atoms with Crippen molar-refractivity contribution in [2.75, 3.05) is 13.2 Å². The Morgan fingerprint density at radius 2 is 1.88 bits per heavy atom. The highest BCUT2D eigenvalue weighted by Gasteiger charge is 2.59. The van der Waals surface area contributed by atoms with Crippen molar-refractivity contribution >= 4 is 0 Å². The Labute approximate surface area is 209 Å². The number of allylic oxidation sites excluding steroid dienone is 1. The predicted molar refractivity (Wildman–Crippen MR) is 141 cm³/mol. The highest BCUT2D eigenvalue weighted by molar-refractivity contribution is 5.25. The molecule has 0 spiro atoms. The zero-order valence-corrected chi connectivity index (χ0v) is 22.8. The van der Waals surface area contributed by atoms with Crippen LogP contribution < -0.4 is 0 Å². The Balaban J connectivity index is 1.38. The third-order valence-corrected chi connectivity index (χ3v) is 11.1. The fourth-order valence-corrected chi connectivity index (χ4v) is 9.22. The van der Waals surface area contributed by atoms with E-state index in [0.29, 0.717) is 23.5 Å². The number of fused-ring (bicyclic) bond motifs is 5. The molecule has 34 heavy (non-hydrogen) atoms. The van der Waals surface area contributed by atoms with Crippen LogP contribution >= 0.6 is 0 Å². The quantitative estimate of drug-likeness (QED) is 0.103. The minimum Gasteiger partial charge on any atom is -0.378 e. The maximum atomic E-state index is 8.44. The molecule has 192 valence electrons. The van der Waals surface area contributed by atoms with Crippen molar-refractivity contribution in [3.05, 3.63) is 22.1 Å². The van der Waals surface area contributed by atoms with E-state index in [1.54, 1.807) is 5.57 Å². The van der Waals surface area contributed by atoms with Gasteiger partial charge in [-0.15, -0.1) is 0 Å². The molecule has 3 saturated carbocycles. The third kappa shape index (κ3) is 5.10. The van der Waals surface area contributed by atoms with E-state index in [0.717, 1.165) is 55.0 Å². The van der Waals surface area contributed by atoms with Crippen LogP contribution in [-0.2, 0) is 4.74 Å². The summed E-state index contributed by atoms with van der Waals surface area (Å²) in [6.07, 6.45) is 18.9. The Bertz CT molecular complexity index is 771. The molecule has 0 amide bonds. The lowest BCUT2D eigenvalue weighted by Crippen LogP contribution is -2.51. The van der Waals surface area contributed by atoms with Gasteiger partial charge < -0.3 is 4.74 Å². The van der Waals surface area contributed by atoms with Gasteiger partial charge >= 0.3 is 0 Å². The Hall–Kier alpha value is -0.990. The van der Waals surface area contributed by atoms with Crippen molar-refractivity contribution in [1.29, 1.82) is 0 Å². The number of azide groups is 1. The molecule has 0 aromatic rings. The van der Waals surface area contributed by atoms with Crippen LogP contribution in [0.25, 0.3) is 10.4 Å². The normalized spacial score (nSPS) is 40.1. The standard InChI is InChI=1S/C30H51N3O/c1-21(2)8-6-9-22(3)26-12-13-27-25-11-10-23-20-24(34-19-7-18-32-33-31)14-16-29(23,4)28(25)15-17-30(26,27)5/h10,21-22,24-28H,6-9,11-20H2,1-5H3/t22-,24+,25?,26-,27?,28?,29+,30-/m1/s1. The van der Waals surface area contributed by atoms with Gasteiger partial charge in [-0.25, -0.2) is 0 Å². The smallest absolute Gasteiger partial charge is 0.0612 e. The van der Waals surface area contributed by atoms with E-state index in [2.05, 4.69) is 50.7 Å². The first kappa shape index (κ1) is 26.1. The van der Waals surface area contributed by atoms with Crippen molar-refractivity contribution in [3.8, 4) is 0 Å². The number of rotatable bonds is 10. The molecule has 0 aliphatic heterocycles. The van der Waals surface area contributed by atoms with Crippen LogP contribution in [-0.4, -0.2) is 19.3 Å². The van der Waals surface area contributed by atoms with Crippen molar-refractivity contribution in [3.63, 3.8) is 0 Å². The summed E-state index contributed by atoms with van der Waals surface area (Å²) < 4.78 is 6.21. The summed E-state index contributed by atoms with van der Waals surface area (Å²) in [6.45, 7) is 13.9. The summed E-state index contributed by atoms with van der Waals surface area (Å²) >= 11 is 0. The Morgan fingerprint density at radius 3 is 2.65 bits per heavy atom. The van der Waals surface area contributed by atoms with E-state index in [1.165, 1.54) is 64.2 Å². The largest absolute Gasteiger partial charge is 0.378 e. The van der Waals surface area contributed by atoms with Crippen LogP contribution in [0.5, 0.6) is 0 Å². The first-order valence-electron chi connectivity index (χ1n) is 14.6. The zero-order chi connectivity index (χ0) is 24.3. The SMILES string of the molecule is CC(C)CCC[C@@H](C)[C@H]1CCC2C3CC=C4C[C@@H](OCCCN=[N+]=[N-])CC[C@]4(C)C3CC[C@@]21C. The van der Waals surface area contributed by atoms with Crippen LogP contribution in [0.15, 0.2) is 16.8 Å². The third-order valence-electron chi connectivity index (χ3n) is 11.1. The molecule has 4 rings (SSSR count). The molecule has 4 aliphatic rings. The molecular formula is C30H51N3O. The zero-order valence-electron chi connectivity index (χ0n) is 22.8. The lowest BCUT2D eigenvalue weighted by atomic mass is 9.47. The Morgan fingerprint density at radius 1 is 1.06 bits per heavy atom. The molecule has 0 radical (unpaired) electrons. The van der Waals surface area contributed by atoms with Gasteiger partial charge in [-0.05, 0) is 110 Å². The van der Waals surface area contributed by atoms with E-state index < -0.39 is 0 Å². The van der Waals surface area contributed by atoms with Gasteiger partial charge in [-0.2, -0.15) is 0 Å². The van der Waals surface area contributed by atoms with Crippen molar-refractivity contribution in [2.24, 2.45) is 51.5 Å². The summed E-state index contributed by atoms with van der Waals surface area (Å²) in [6, 6.07) is 0. The molecule has 4 nitrogen and oxygen atoms in total. The lowest BCUT2D eigenvalue weighted by molar-refractivity contribution is -0.0639. The number of hydrogen-bond acceptors (Lipinski definition) is 2. The van der Waals surface area contributed by atoms with Crippen LogP contribution in [0.4, 0.5) is 0 Å². The van der Waals surface area contributed by atoms with E-state index in [9.17, 15) is 0 Å². The van der Waals surface area contributed by atoms with Gasteiger partial charge in [0.2, 0.25) is 0 Å². The van der Waals surface area contributed by atoms with Gasteiger partial charge in [-0.1, -0.05) is 70.6 Å².